The average Bonchev–Trinajstić information content (AvgIpc) is 3.15. The molecule has 1 saturated heterocycles. The number of aromatic nitrogens is 1. The lowest BCUT2D eigenvalue weighted by atomic mass is 10.2. The van der Waals surface area contributed by atoms with E-state index in [9.17, 15) is 14.4 Å². The van der Waals surface area contributed by atoms with Crippen LogP contribution in [0.2, 0.25) is 0 Å². The molecule has 8 nitrogen and oxygen atoms in total. The van der Waals surface area contributed by atoms with Crippen molar-refractivity contribution in [2.45, 2.75) is 20.0 Å². The number of benzene rings is 1. The maximum absolute atomic E-state index is 12.1. The number of aromatic amines is 1. The Kier molecular flexibility index (Phi) is 4.60. The third-order valence-electron chi connectivity index (χ3n) is 3.86. The second kappa shape index (κ2) is 6.84. The number of anilines is 1. The molecule has 2 N–H and O–H groups in total. The zero-order valence-corrected chi connectivity index (χ0v) is 14.0. The highest BCUT2D eigenvalue weighted by Gasteiger charge is 2.32. The number of H-pyrrole nitrogens is 1. The third-order valence-corrected chi connectivity index (χ3v) is 3.86. The van der Waals surface area contributed by atoms with E-state index in [1.165, 1.54) is 11.8 Å². The molecule has 0 radical (unpaired) electrons. The number of nitrogens with one attached hydrogen (secondary N) is 2. The van der Waals surface area contributed by atoms with Crippen molar-refractivity contribution in [1.29, 1.82) is 0 Å². The number of rotatable bonds is 5. The van der Waals surface area contributed by atoms with Gasteiger partial charge in [-0.3, -0.25) is 9.69 Å². The van der Waals surface area contributed by atoms with Gasteiger partial charge in [0, 0.05) is 23.5 Å². The van der Waals surface area contributed by atoms with Crippen LogP contribution in [0, 0.1) is 0 Å². The van der Waals surface area contributed by atoms with E-state index in [0.717, 1.165) is 10.9 Å². The third kappa shape index (κ3) is 3.57. The number of esters is 1. The molecule has 0 aliphatic carbocycles. The Morgan fingerprint density at radius 1 is 1.40 bits per heavy atom. The number of cyclic esters (lactones) is 1. The zero-order valence-electron chi connectivity index (χ0n) is 14.0. The van der Waals surface area contributed by atoms with E-state index in [1.54, 1.807) is 31.2 Å². The minimum Gasteiger partial charge on any atom is -0.461 e. The first-order valence-electron chi connectivity index (χ1n) is 8.00. The monoisotopic (exact) mass is 345 g/mol. The number of nitrogens with zero attached hydrogens (tertiary/aromatic N) is 1. The number of ether oxygens (including phenoxy) is 2. The molecule has 1 atom stereocenters. The van der Waals surface area contributed by atoms with Crippen molar-refractivity contribution in [3.05, 3.63) is 30.0 Å². The Hall–Kier alpha value is -3.03. The van der Waals surface area contributed by atoms with Crippen LogP contribution in [0.15, 0.2) is 24.3 Å². The predicted octanol–water partition coefficient (Wildman–Crippen LogP) is 1.81. The fourth-order valence-electron chi connectivity index (χ4n) is 2.70. The summed E-state index contributed by atoms with van der Waals surface area (Å²) < 4.78 is 10.2. The van der Waals surface area contributed by atoms with Gasteiger partial charge in [0.15, 0.2) is 0 Å². The van der Waals surface area contributed by atoms with Crippen LogP contribution in [0.25, 0.3) is 10.9 Å². The highest BCUT2D eigenvalue weighted by Crippen LogP contribution is 2.26. The average molecular weight is 345 g/mol. The molecule has 25 heavy (non-hydrogen) atoms. The van der Waals surface area contributed by atoms with Crippen LogP contribution in [0.4, 0.5) is 10.5 Å². The van der Waals surface area contributed by atoms with Crippen molar-refractivity contribution >= 4 is 34.6 Å². The van der Waals surface area contributed by atoms with E-state index < -0.39 is 18.2 Å². The molecule has 1 aromatic heterocycles. The van der Waals surface area contributed by atoms with Gasteiger partial charge >= 0.3 is 12.1 Å². The van der Waals surface area contributed by atoms with Crippen LogP contribution < -0.4 is 10.2 Å². The van der Waals surface area contributed by atoms with Gasteiger partial charge < -0.3 is 19.8 Å². The minimum atomic E-state index is -0.462. The van der Waals surface area contributed by atoms with Crippen LogP contribution >= 0.6 is 0 Å². The van der Waals surface area contributed by atoms with Crippen molar-refractivity contribution in [3.63, 3.8) is 0 Å². The molecule has 1 aliphatic heterocycles. The zero-order chi connectivity index (χ0) is 18.0. The minimum absolute atomic E-state index is 0.172. The van der Waals surface area contributed by atoms with Gasteiger partial charge in [-0.1, -0.05) is 0 Å². The highest BCUT2D eigenvalue weighted by molar-refractivity contribution is 5.98. The lowest BCUT2D eigenvalue weighted by Gasteiger charge is -2.13. The summed E-state index contributed by atoms with van der Waals surface area (Å²) in [7, 11) is 0. The van der Waals surface area contributed by atoms with Gasteiger partial charge in [0.1, 0.15) is 11.8 Å². The molecule has 0 spiro atoms. The number of carbonyl (C=O) groups is 3. The van der Waals surface area contributed by atoms with E-state index >= 15 is 0 Å². The summed E-state index contributed by atoms with van der Waals surface area (Å²) >= 11 is 0. The second-order valence-corrected chi connectivity index (χ2v) is 5.73. The van der Waals surface area contributed by atoms with E-state index in [4.69, 9.17) is 9.47 Å². The maximum Gasteiger partial charge on any atom is 0.414 e. The van der Waals surface area contributed by atoms with Gasteiger partial charge in [-0.05, 0) is 31.2 Å². The van der Waals surface area contributed by atoms with Gasteiger partial charge in [-0.2, -0.15) is 0 Å². The summed E-state index contributed by atoms with van der Waals surface area (Å²) in [4.78, 5) is 39.4. The molecule has 1 fully saturated rings. The Morgan fingerprint density at radius 3 is 2.92 bits per heavy atom. The lowest BCUT2D eigenvalue weighted by Crippen LogP contribution is -2.33. The number of hydrogen-bond donors (Lipinski definition) is 2. The molecule has 3 rings (SSSR count). The first-order chi connectivity index (χ1) is 12.0. The fourth-order valence-corrected chi connectivity index (χ4v) is 2.70. The van der Waals surface area contributed by atoms with Crippen LogP contribution in [0.5, 0.6) is 0 Å². The molecular weight excluding hydrogens is 326 g/mol. The summed E-state index contributed by atoms with van der Waals surface area (Å²) in [5, 5.41) is 3.43. The SMILES string of the molecule is CCOC(=O)c1cc2cc(N3C[C@H](CNC(C)=O)OC3=O)ccc2[nH]1. The van der Waals surface area contributed by atoms with Crippen molar-refractivity contribution < 1.29 is 23.9 Å². The molecule has 1 aliphatic rings. The molecule has 8 heteroatoms. The Balaban J connectivity index is 1.78. The Morgan fingerprint density at radius 2 is 2.20 bits per heavy atom. The summed E-state index contributed by atoms with van der Waals surface area (Å²) in [6.07, 6.45) is -0.857. The molecule has 0 unspecified atom stereocenters. The molecule has 0 saturated carbocycles. The number of amides is 2. The molecule has 1 aromatic carbocycles. The largest absolute Gasteiger partial charge is 0.461 e. The predicted molar refractivity (Wildman–Crippen MR) is 90.6 cm³/mol. The summed E-state index contributed by atoms with van der Waals surface area (Å²) in [5.74, 6) is -0.592. The van der Waals surface area contributed by atoms with Crippen molar-refractivity contribution in [2.24, 2.45) is 0 Å². The van der Waals surface area contributed by atoms with Crippen molar-refractivity contribution in [1.82, 2.24) is 10.3 Å². The van der Waals surface area contributed by atoms with Gasteiger partial charge in [-0.25, -0.2) is 9.59 Å². The standard InChI is InChI=1S/C17H19N3O5/c1-3-24-16(22)15-7-11-6-12(4-5-14(11)19-15)20-9-13(25-17(20)23)8-18-10(2)21/h4-7,13,19H,3,8-9H2,1-2H3,(H,18,21)/t13-/m0/s1. The maximum atomic E-state index is 12.1. The first kappa shape index (κ1) is 16.8. The number of fused-ring (bicyclic) bond motifs is 1. The van der Waals surface area contributed by atoms with Crippen LogP contribution in [0.3, 0.4) is 0 Å². The topological polar surface area (TPSA) is 101 Å². The lowest BCUT2D eigenvalue weighted by molar-refractivity contribution is -0.119. The summed E-state index contributed by atoms with van der Waals surface area (Å²) in [5.41, 5.74) is 1.80. The number of hydrogen-bond acceptors (Lipinski definition) is 5. The smallest absolute Gasteiger partial charge is 0.414 e. The summed E-state index contributed by atoms with van der Waals surface area (Å²) in [6, 6.07) is 7.06. The quantitative estimate of drug-likeness (QED) is 0.805. The van der Waals surface area contributed by atoms with E-state index in [2.05, 4.69) is 10.3 Å². The van der Waals surface area contributed by atoms with Gasteiger partial charge in [0.05, 0.1) is 19.7 Å². The van der Waals surface area contributed by atoms with Crippen LogP contribution in [0.1, 0.15) is 24.3 Å². The molecule has 2 heterocycles. The molecule has 132 valence electrons. The van der Waals surface area contributed by atoms with Gasteiger partial charge in [-0.15, -0.1) is 0 Å². The van der Waals surface area contributed by atoms with Crippen LogP contribution in [-0.4, -0.2) is 48.8 Å². The van der Waals surface area contributed by atoms with Crippen LogP contribution in [-0.2, 0) is 14.3 Å². The first-order valence-corrected chi connectivity index (χ1v) is 8.00. The van der Waals surface area contributed by atoms with Gasteiger partial charge in [0.25, 0.3) is 0 Å². The Bertz CT molecular complexity index is 829. The van der Waals surface area contributed by atoms with E-state index in [1.807, 2.05) is 0 Å². The molecule has 0 bridgehead atoms. The second-order valence-electron chi connectivity index (χ2n) is 5.73. The number of carbonyl (C=O) groups excluding carboxylic acids is 3. The Labute approximate surface area is 144 Å². The normalized spacial score (nSPS) is 16.8. The van der Waals surface area contributed by atoms with Crippen molar-refractivity contribution in [2.75, 3.05) is 24.6 Å². The molecular formula is C17H19N3O5. The molecule has 2 amide bonds. The summed E-state index contributed by atoms with van der Waals surface area (Å²) in [6.45, 7) is 4.08. The van der Waals surface area contributed by atoms with E-state index in [-0.39, 0.29) is 12.5 Å². The van der Waals surface area contributed by atoms with Crippen molar-refractivity contribution in [3.8, 4) is 0 Å². The fraction of sp³-hybridized carbons (Fsp3) is 0.353. The van der Waals surface area contributed by atoms with E-state index in [0.29, 0.717) is 24.5 Å². The highest BCUT2D eigenvalue weighted by atomic mass is 16.6. The molecule has 2 aromatic rings. The van der Waals surface area contributed by atoms with Gasteiger partial charge in [0.2, 0.25) is 5.91 Å².